The Hall–Kier alpha value is -3.10. The average Bonchev–Trinajstić information content (AvgIpc) is 3.23. The molecule has 1 aromatic carbocycles. The van der Waals surface area contributed by atoms with Gasteiger partial charge >= 0.3 is 0 Å². The number of halogens is 3. The van der Waals surface area contributed by atoms with Gasteiger partial charge in [0.15, 0.2) is 11.5 Å². The second-order valence-corrected chi connectivity index (χ2v) is 12.5. The summed E-state index contributed by atoms with van der Waals surface area (Å²) in [5.74, 6) is -1.62. The van der Waals surface area contributed by atoms with Crippen LogP contribution in [0.25, 0.3) is 11.2 Å². The van der Waals surface area contributed by atoms with Crippen LogP contribution in [0.5, 0.6) is 0 Å². The van der Waals surface area contributed by atoms with Crippen LogP contribution in [-0.4, -0.2) is 63.5 Å². The fourth-order valence-corrected chi connectivity index (χ4v) is 6.42. The quantitative estimate of drug-likeness (QED) is 0.383. The van der Waals surface area contributed by atoms with E-state index in [4.69, 9.17) is 22.3 Å². The zero-order chi connectivity index (χ0) is 27.9. The number of fused-ring (bicyclic) bond motifs is 1. The summed E-state index contributed by atoms with van der Waals surface area (Å²) < 4.78 is 55.2. The summed E-state index contributed by atoms with van der Waals surface area (Å²) in [5.41, 5.74) is 6.34. The molecular formula is C24H29ClF2N8O3S. The summed E-state index contributed by atoms with van der Waals surface area (Å²) >= 11 is 6.14. The summed E-state index contributed by atoms with van der Waals surface area (Å²) in [6.07, 6.45) is 6.34. The number of carbonyl (C=O) groups excluding carboxylic acids is 1. The van der Waals surface area contributed by atoms with Crippen molar-refractivity contribution < 1.29 is 22.0 Å². The van der Waals surface area contributed by atoms with Crippen LogP contribution in [0, 0.1) is 17.6 Å². The second-order valence-electron chi connectivity index (χ2n) is 10.1. The molecule has 1 saturated carbocycles. The number of aromatic nitrogens is 4. The van der Waals surface area contributed by atoms with Crippen LogP contribution in [0.1, 0.15) is 44.6 Å². The van der Waals surface area contributed by atoms with Crippen molar-refractivity contribution in [3.05, 3.63) is 35.0 Å². The summed E-state index contributed by atoms with van der Waals surface area (Å²) in [6.45, 7) is 0.801. The van der Waals surface area contributed by atoms with Crippen molar-refractivity contribution in [1.29, 1.82) is 0 Å². The Bertz CT molecular complexity index is 1480. The van der Waals surface area contributed by atoms with Crippen LogP contribution < -0.4 is 16.4 Å². The van der Waals surface area contributed by atoms with E-state index >= 15 is 0 Å². The van der Waals surface area contributed by atoms with Crippen molar-refractivity contribution >= 4 is 56.3 Å². The number of amides is 1. The van der Waals surface area contributed by atoms with Crippen LogP contribution in [0.4, 0.5) is 26.4 Å². The molecule has 0 bridgehead atoms. The van der Waals surface area contributed by atoms with E-state index in [1.165, 1.54) is 10.6 Å². The SMILES string of the molecule is CS(=O)(=O)N1CCC(Nc2ncc3nc(Nc4c(F)cc(F)cc4Cl)n(C4CCC(C(N)=O)CC4)c3n2)CC1. The molecule has 5 rings (SSSR count). The largest absolute Gasteiger partial charge is 0.369 e. The van der Waals surface area contributed by atoms with Crippen molar-refractivity contribution in [3.8, 4) is 0 Å². The number of hydrogen-bond acceptors (Lipinski definition) is 8. The van der Waals surface area contributed by atoms with Crippen molar-refractivity contribution in [3.63, 3.8) is 0 Å². The van der Waals surface area contributed by atoms with Crippen LogP contribution >= 0.6 is 11.6 Å². The summed E-state index contributed by atoms with van der Waals surface area (Å²) in [4.78, 5) is 25.4. The molecule has 1 aliphatic carbocycles. The number of sulfonamides is 1. The number of nitrogens with one attached hydrogen (secondary N) is 2. The molecule has 4 N–H and O–H groups in total. The fourth-order valence-electron chi connectivity index (χ4n) is 5.30. The van der Waals surface area contributed by atoms with Gasteiger partial charge in [0.25, 0.3) is 0 Å². The number of primary amides is 1. The Labute approximate surface area is 229 Å². The molecule has 0 spiro atoms. The molecule has 1 amide bonds. The summed E-state index contributed by atoms with van der Waals surface area (Å²) in [6, 6.07) is 1.59. The maximum Gasteiger partial charge on any atom is 0.224 e. The Kier molecular flexibility index (Phi) is 7.62. The third-order valence-electron chi connectivity index (χ3n) is 7.40. The smallest absolute Gasteiger partial charge is 0.224 e. The highest BCUT2D eigenvalue weighted by atomic mass is 35.5. The number of imidazole rings is 1. The molecule has 2 aliphatic rings. The molecule has 1 saturated heterocycles. The number of piperidine rings is 1. The normalized spacial score (nSPS) is 21.2. The van der Waals surface area contributed by atoms with Crippen LogP contribution in [0.3, 0.4) is 0 Å². The number of nitrogens with two attached hydrogens (primary N) is 1. The van der Waals surface area contributed by atoms with E-state index in [1.807, 2.05) is 4.57 Å². The van der Waals surface area contributed by atoms with Gasteiger partial charge in [-0.25, -0.2) is 31.5 Å². The van der Waals surface area contributed by atoms with Gasteiger partial charge in [-0.2, -0.15) is 4.98 Å². The van der Waals surface area contributed by atoms with Gasteiger partial charge in [0.2, 0.25) is 27.8 Å². The first kappa shape index (κ1) is 27.5. The lowest BCUT2D eigenvalue weighted by molar-refractivity contribution is -0.122. The molecule has 3 heterocycles. The van der Waals surface area contributed by atoms with Gasteiger partial charge in [-0.3, -0.25) is 9.36 Å². The van der Waals surface area contributed by atoms with Gasteiger partial charge in [-0.1, -0.05) is 11.6 Å². The Morgan fingerprint density at radius 3 is 2.41 bits per heavy atom. The van der Waals surface area contributed by atoms with Crippen LogP contribution in [0.15, 0.2) is 18.3 Å². The first-order chi connectivity index (χ1) is 18.5. The predicted octanol–water partition coefficient (Wildman–Crippen LogP) is 3.55. The lowest BCUT2D eigenvalue weighted by Gasteiger charge is -2.30. The molecule has 39 heavy (non-hydrogen) atoms. The third-order valence-corrected chi connectivity index (χ3v) is 9.00. The topological polar surface area (TPSA) is 148 Å². The third kappa shape index (κ3) is 5.92. The van der Waals surface area contributed by atoms with Gasteiger partial charge in [0.1, 0.15) is 11.3 Å². The van der Waals surface area contributed by atoms with E-state index in [9.17, 15) is 22.0 Å². The minimum absolute atomic E-state index is 0.0208. The molecule has 2 aromatic heterocycles. The zero-order valence-corrected chi connectivity index (χ0v) is 22.8. The lowest BCUT2D eigenvalue weighted by atomic mass is 9.85. The standard InChI is InChI=1S/C24H29ClF2N8O3S/c1-39(37,38)34-8-6-15(7-9-34)30-23-29-12-19-22(33-23)35(16-4-2-13(3-5-16)21(28)36)24(31-19)32-20-17(25)10-14(26)11-18(20)27/h10-13,15-16H,2-9H2,1H3,(H2,28,36)(H,31,32)(H,29,30,33). The first-order valence-electron chi connectivity index (χ1n) is 12.7. The number of anilines is 3. The Balaban J connectivity index is 1.46. The Morgan fingerprint density at radius 2 is 1.79 bits per heavy atom. The molecule has 2 fully saturated rings. The highest BCUT2D eigenvalue weighted by Crippen LogP contribution is 2.38. The maximum absolute atomic E-state index is 14.6. The summed E-state index contributed by atoms with van der Waals surface area (Å²) in [5, 5.41) is 6.06. The van der Waals surface area contributed by atoms with E-state index in [2.05, 4.69) is 20.6 Å². The molecule has 15 heteroatoms. The van der Waals surface area contributed by atoms with E-state index in [0.717, 1.165) is 12.1 Å². The average molecular weight is 583 g/mol. The molecule has 0 radical (unpaired) electrons. The van der Waals surface area contributed by atoms with Crippen LogP contribution in [0.2, 0.25) is 5.02 Å². The van der Waals surface area contributed by atoms with Crippen molar-refractivity contribution in [1.82, 2.24) is 23.8 Å². The van der Waals surface area contributed by atoms with Gasteiger partial charge < -0.3 is 16.4 Å². The van der Waals surface area contributed by atoms with Gasteiger partial charge in [-0.05, 0) is 44.6 Å². The zero-order valence-electron chi connectivity index (χ0n) is 21.2. The summed E-state index contributed by atoms with van der Waals surface area (Å²) in [7, 11) is -3.24. The highest BCUT2D eigenvalue weighted by molar-refractivity contribution is 7.88. The van der Waals surface area contributed by atoms with E-state index < -0.39 is 21.7 Å². The molecule has 210 valence electrons. The van der Waals surface area contributed by atoms with Gasteiger partial charge in [0.05, 0.1) is 23.2 Å². The maximum atomic E-state index is 14.6. The Morgan fingerprint density at radius 1 is 1.10 bits per heavy atom. The van der Waals surface area contributed by atoms with E-state index in [-0.39, 0.29) is 40.6 Å². The monoisotopic (exact) mass is 582 g/mol. The van der Waals surface area contributed by atoms with Crippen molar-refractivity contribution in [2.45, 2.75) is 50.6 Å². The molecule has 11 nitrogen and oxygen atoms in total. The molecule has 0 atom stereocenters. The second kappa shape index (κ2) is 10.8. The number of rotatable bonds is 7. The highest BCUT2D eigenvalue weighted by Gasteiger charge is 2.30. The minimum Gasteiger partial charge on any atom is -0.369 e. The van der Waals surface area contributed by atoms with E-state index in [1.54, 1.807) is 6.20 Å². The molecule has 1 aliphatic heterocycles. The van der Waals surface area contributed by atoms with Crippen molar-refractivity contribution in [2.75, 3.05) is 30.0 Å². The van der Waals surface area contributed by atoms with E-state index in [0.29, 0.717) is 68.7 Å². The number of benzene rings is 1. The van der Waals surface area contributed by atoms with Gasteiger partial charge in [-0.15, -0.1) is 0 Å². The molecular weight excluding hydrogens is 554 g/mol. The van der Waals surface area contributed by atoms with Gasteiger partial charge in [0, 0.05) is 37.2 Å². The first-order valence-corrected chi connectivity index (χ1v) is 14.9. The molecule has 0 unspecified atom stereocenters. The molecule has 3 aromatic rings. The number of hydrogen-bond donors (Lipinski definition) is 3. The predicted molar refractivity (Wildman–Crippen MR) is 143 cm³/mol. The fraction of sp³-hybridized carbons (Fsp3) is 0.500. The minimum atomic E-state index is -3.24. The number of carbonyl (C=O) groups is 1. The van der Waals surface area contributed by atoms with Crippen molar-refractivity contribution in [2.24, 2.45) is 11.7 Å². The van der Waals surface area contributed by atoms with Crippen LogP contribution in [-0.2, 0) is 14.8 Å². The lowest BCUT2D eigenvalue weighted by Crippen LogP contribution is -2.42. The number of nitrogens with zero attached hydrogens (tertiary/aromatic N) is 5.